The van der Waals surface area contributed by atoms with Crippen molar-refractivity contribution >= 4 is 11.1 Å². The lowest BCUT2D eigenvalue weighted by Crippen LogP contribution is -2.01. The van der Waals surface area contributed by atoms with Gasteiger partial charge < -0.3 is 9.15 Å². The number of hydrogen-bond acceptors (Lipinski definition) is 3. The highest BCUT2D eigenvalue weighted by Crippen LogP contribution is 2.22. The molecule has 0 aliphatic rings. The number of ether oxygens (including phenoxy) is 1. The summed E-state index contributed by atoms with van der Waals surface area (Å²) in [5.41, 5.74) is 0.336. The maximum absolute atomic E-state index is 12.6. The standard InChI is InChI=1S/C8H4F3NO2/c9-4-1-2-6-5(3-4)12-8(13-6)14-7(10)11/h1-3,7H. The zero-order valence-corrected chi connectivity index (χ0v) is 6.71. The van der Waals surface area contributed by atoms with E-state index in [0.717, 1.165) is 12.1 Å². The van der Waals surface area contributed by atoms with Gasteiger partial charge in [-0.3, -0.25) is 0 Å². The van der Waals surface area contributed by atoms with E-state index < -0.39 is 18.5 Å². The molecule has 1 aromatic carbocycles. The topological polar surface area (TPSA) is 35.3 Å². The van der Waals surface area contributed by atoms with E-state index in [1.807, 2.05) is 0 Å². The smallest absolute Gasteiger partial charge is 0.399 e. The van der Waals surface area contributed by atoms with Crippen LogP contribution in [0.4, 0.5) is 13.2 Å². The van der Waals surface area contributed by atoms with Crippen LogP contribution in [0.1, 0.15) is 0 Å². The third-order valence-corrected chi connectivity index (χ3v) is 1.52. The van der Waals surface area contributed by atoms with Crippen LogP contribution in [0.5, 0.6) is 6.08 Å². The predicted octanol–water partition coefficient (Wildman–Crippen LogP) is 2.57. The van der Waals surface area contributed by atoms with Gasteiger partial charge in [0.25, 0.3) is 0 Å². The van der Waals surface area contributed by atoms with Crippen LogP contribution in [0.3, 0.4) is 0 Å². The summed E-state index contributed by atoms with van der Waals surface area (Å²) in [4.78, 5) is 3.50. The molecule has 6 heteroatoms. The molecule has 2 rings (SSSR count). The first-order chi connectivity index (χ1) is 6.65. The van der Waals surface area contributed by atoms with Gasteiger partial charge in [0.1, 0.15) is 11.3 Å². The van der Waals surface area contributed by atoms with E-state index in [2.05, 4.69) is 9.72 Å². The SMILES string of the molecule is Fc1ccc2oc(OC(F)F)nc2c1. The van der Waals surface area contributed by atoms with Crippen molar-refractivity contribution in [2.24, 2.45) is 0 Å². The fourth-order valence-electron chi connectivity index (χ4n) is 1.01. The van der Waals surface area contributed by atoms with E-state index in [0.29, 0.717) is 0 Å². The quantitative estimate of drug-likeness (QED) is 0.752. The Morgan fingerprint density at radius 3 is 2.86 bits per heavy atom. The van der Waals surface area contributed by atoms with Gasteiger partial charge in [0.05, 0.1) is 0 Å². The minimum Gasteiger partial charge on any atom is -0.409 e. The fraction of sp³-hybridized carbons (Fsp3) is 0.125. The Balaban J connectivity index is 2.41. The Morgan fingerprint density at radius 1 is 1.36 bits per heavy atom. The molecule has 0 unspecified atom stereocenters. The monoisotopic (exact) mass is 203 g/mol. The zero-order chi connectivity index (χ0) is 10.1. The van der Waals surface area contributed by atoms with Crippen molar-refractivity contribution < 1.29 is 22.3 Å². The molecule has 0 saturated carbocycles. The molecule has 0 spiro atoms. The number of nitrogens with zero attached hydrogens (tertiary/aromatic N) is 1. The highest BCUT2D eigenvalue weighted by Gasteiger charge is 2.11. The van der Waals surface area contributed by atoms with E-state index in [9.17, 15) is 13.2 Å². The lowest BCUT2D eigenvalue weighted by molar-refractivity contribution is -0.0664. The number of alkyl halides is 2. The fourth-order valence-corrected chi connectivity index (χ4v) is 1.01. The molecule has 0 N–H and O–H groups in total. The largest absolute Gasteiger partial charge is 0.409 e. The molecule has 74 valence electrons. The van der Waals surface area contributed by atoms with E-state index in [-0.39, 0.29) is 11.1 Å². The molecule has 14 heavy (non-hydrogen) atoms. The summed E-state index contributed by atoms with van der Waals surface area (Å²) in [5, 5.41) is 0. The second-order valence-corrected chi connectivity index (χ2v) is 2.47. The van der Waals surface area contributed by atoms with Crippen molar-refractivity contribution in [2.75, 3.05) is 0 Å². The van der Waals surface area contributed by atoms with E-state index in [1.165, 1.54) is 6.07 Å². The molecule has 2 aromatic rings. The van der Waals surface area contributed by atoms with Gasteiger partial charge >= 0.3 is 12.7 Å². The Labute approximate surface area is 76.1 Å². The van der Waals surface area contributed by atoms with Crippen LogP contribution in [0.25, 0.3) is 11.1 Å². The van der Waals surface area contributed by atoms with Gasteiger partial charge in [0.15, 0.2) is 5.58 Å². The average Bonchev–Trinajstić information content (AvgIpc) is 2.44. The first-order valence-electron chi connectivity index (χ1n) is 3.66. The molecular weight excluding hydrogens is 199 g/mol. The zero-order valence-electron chi connectivity index (χ0n) is 6.71. The summed E-state index contributed by atoms with van der Waals surface area (Å²) >= 11 is 0. The van der Waals surface area contributed by atoms with Gasteiger partial charge in [-0.1, -0.05) is 0 Å². The van der Waals surface area contributed by atoms with Crippen LogP contribution >= 0.6 is 0 Å². The molecule has 0 radical (unpaired) electrons. The number of fused-ring (bicyclic) bond motifs is 1. The van der Waals surface area contributed by atoms with E-state index in [1.54, 1.807) is 0 Å². The minimum atomic E-state index is -3.01. The molecule has 0 aliphatic heterocycles. The van der Waals surface area contributed by atoms with Crippen molar-refractivity contribution in [1.82, 2.24) is 4.98 Å². The molecule has 0 atom stereocenters. The predicted molar refractivity (Wildman–Crippen MR) is 40.6 cm³/mol. The molecule has 3 nitrogen and oxygen atoms in total. The first-order valence-corrected chi connectivity index (χ1v) is 3.66. The number of oxazole rings is 1. The summed E-state index contributed by atoms with van der Waals surface area (Å²) in [5.74, 6) is -0.519. The minimum absolute atomic E-state index is 0.139. The van der Waals surface area contributed by atoms with Crippen molar-refractivity contribution in [3.63, 3.8) is 0 Å². The van der Waals surface area contributed by atoms with E-state index >= 15 is 0 Å². The van der Waals surface area contributed by atoms with Gasteiger partial charge in [0, 0.05) is 6.07 Å². The van der Waals surface area contributed by atoms with Gasteiger partial charge in [-0.2, -0.15) is 13.8 Å². The maximum atomic E-state index is 12.6. The summed E-state index contributed by atoms with van der Waals surface area (Å²) in [6.45, 7) is -3.01. The van der Waals surface area contributed by atoms with Crippen LogP contribution in [-0.2, 0) is 0 Å². The number of rotatable bonds is 2. The molecule has 1 aromatic heterocycles. The second kappa shape index (κ2) is 3.21. The number of halogens is 3. The molecule has 0 bridgehead atoms. The third-order valence-electron chi connectivity index (χ3n) is 1.52. The molecule has 0 fully saturated rings. The summed E-state index contributed by atoms with van der Waals surface area (Å²) in [6, 6.07) is 3.49. The first kappa shape index (κ1) is 8.86. The number of benzene rings is 1. The van der Waals surface area contributed by atoms with Crippen molar-refractivity contribution in [1.29, 1.82) is 0 Å². The van der Waals surface area contributed by atoms with Crippen molar-refractivity contribution in [2.45, 2.75) is 6.61 Å². The molecular formula is C8H4F3NO2. The molecule has 0 aliphatic carbocycles. The highest BCUT2D eigenvalue weighted by atomic mass is 19.3. The Morgan fingerprint density at radius 2 is 2.14 bits per heavy atom. The van der Waals surface area contributed by atoms with Crippen LogP contribution < -0.4 is 4.74 Å². The average molecular weight is 203 g/mol. The normalized spacial score (nSPS) is 11.1. The Kier molecular flexibility index (Phi) is 2.03. The van der Waals surface area contributed by atoms with Crippen molar-refractivity contribution in [3.8, 4) is 6.08 Å². The summed E-state index contributed by atoms with van der Waals surface area (Å²) in [7, 11) is 0. The Bertz CT molecular complexity index is 455. The van der Waals surface area contributed by atoms with Gasteiger partial charge in [-0.15, -0.1) is 0 Å². The van der Waals surface area contributed by atoms with Crippen LogP contribution in [0.2, 0.25) is 0 Å². The molecule has 1 heterocycles. The van der Waals surface area contributed by atoms with Crippen LogP contribution in [-0.4, -0.2) is 11.6 Å². The number of hydrogen-bond donors (Lipinski definition) is 0. The lowest BCUT2D eigenvalue weighted by Gasteiger charge is -1.94. The maximum Gasteiger partial charge on any atom is 0.399 e. The van der Waals surface area contributed by atoms with E-state index in [4.69, 9.17) is 4.42 Å². The number of aromatic nitrogens is 1. The van der Waals surface area contributed by atoms with Gasteiger partial charge in [0.2, 0.25) is 0 Å². The highest BCUT2D eigenvalue weighted by molar-refractivity contribution is 5.72. The molecule has 0 saturated heterocycles. The van der Waals surface area contributed by atoms with Crippen molar-refractivity contribution in [3.05, 3.63) is 24.0 Å². The van der Waals surface area contributed by atoms with Gasteiger partial charge in [-0.05, 0) is 12.1 Å². The summed E-state index contributed by atoms with van der Waals surface area (Å²) < 4.78 is 44.8. The lowest BCUT2D eigenvalue weighted by atomic mass is 10.3. The molecule has 0 amide bonds. The third kappa shape index (κ3) is 1.63. The second-order valence-electron chi connectivity index (χ2n) is 2.47. The summed E-state index contributed by atoms with van der Waals surface area (Å²) in [6.07, 6.45) is -0.569. The van der Waals surface area contributed by atoms with Crippen LogP contribution in [0.15, 0.2) is 22.6 Å². The Hall–Kier alpha value is -1.72. The van der Waals surface area contributed by atoms with Gasteiger partial charge in [-0.25, -0.2) is 4.39 Å². The van der Waals surface area contributed by atoms with Crippen LogP contribution in [0, 0.1) is 5.82 Å².